The summed E-state index contributed by atoms with van der Waals surface area (Å²) in [7, 11) is 0. The molecule has 0 unspecified atom stereocenters. The van der Waals surface area contributed by atoms with Crippen molar-refractivity contribution in [2.75, 3.05) is 45.9 Å². The molecule has 0 bridgehead atoms. The fraction of sp³-hybridized carbons (Fsp3) is 0.889. The molecule has 0 saturated carbocycles. The number of piperidine rings is 1. The summed E-state index contributed by atoms with van der Waals surface area (Å²) in [6.07, 6.45) is 2.52. The number of rotatable bonds is 8. The fourth-order valence-electron chi connectivity index (χ4n) is 2.64. The van der Waals surface area contributed by atoms with Gasteiger partial charge >= 0.3 is 6.09 Å². The summed E-state index contributed by atoms with van der Waals surface area (Å²) in [6.45, 7) is 11.8. The van der Waals surface area contributed by atoms with Crippen LogP contribution in [0.5, 0.6) is 0 Å². The van der Waals surface area contributed by atoms with E-state index in [0.29, 0.717) is 19.7 Å². The molecule has 1 amide bonds. The highest BCUT2D eigenvalue weighted by Crippen LogP contribution is 2.14. The lowest BCUT2D eigenvalue weighted by atomic mass is 10.1. The highest BCUT2D eigenvalue weighted by Gasteiger charge is 2.22. The Morgan fingerprint density at radius 3 is 2.54 bits per heavy atom. The van der Waals surface area contributed by atoms with Crippen molar-refractivity contribution in [3.63, 3.8) is 0 Å². The first-order valence-corrected chi connectivity index (χ1v) is 9.58. The summed E-state index contributed by atoms with van der Waals surface area (Å²) >= 11 is 0. The molecular weight excluding hydrogens is 336 g/mol. The number of nitrogens with one attached hydrogen (secondary N) is 2. The van der Waals surface area contributed by atoms with Gasteiger partial charge in [0.05, 0.1) is 19.3 Å². The van der Waals surface area contributed by atoms with Gasteiger partial charge in [0.2, 0.25) is 0 Å². The monoisotopic (exact) mass is 372 g/mol. The number of hydrogen-bond donors (Lipinski definition) is 3. The van der Waals surface area contributed by atoms with Gasteiger partial charge in [-0.25, -0.2) is 4.79 Å². The van der Waals surface area contributed by atoms with Gasteiger partial charge in [-0.2, -0.15) is 0 Å². The number of ether oxygens (including phenoxy) is 2. The Labute approximate surface area is 157 Å². The maximum atomic E-state index is 11.5. The van der Waals surface area contributed by atoms with Crippen molar-refractivity contribution in [1.29, 1.82) is 0 Å². The minimum Gasteiger partial charge on any atom is -0.444 e. The number of guanidine groups is 1. The van der Waals surface area contributed by atoms with Gasteiger partial charge in [-0.1, -0.05) is 0 Å². The molecule has 8 nitrogen and oxygen atoms in total. The Kier molecular flexibility index (Phi) is 10.3. The van der Waals surface area contributed by atoms with Crippen LogP contribution in [0.1, 0.15) is 47.0 Å². The first kappa shape index (κ1) is 22.5. The maximum Gasteiger partial charge on any atom is 0.407 e. The number of carbonyl (C=O) groups is 1. The standard InChI is InChI=1S/C18H36N4O4/c1-5-19-16(20-10-13-23)22-11-7-15(8-12-22)25-14-6-9-21-17(24)26-18(2,3)4/h15,23H,5-14H2,1-4H3,(H,19,20)(H,21,24). The fourth-order valence-corrected chi connectivity index (χ4v) is 2.64. The molecule has 1 aliphatic rings. The Hall–Kier alpha value is -1.54. The number of likely N-dealkylation sites (tertiary alicyclic amines) is 1. The topological polar surface area (TPSA) is 95.4 Å². The van der Waals surface area contributed by atoms with Crippen LogP contribution in [0, 0.1) is 0 Å². The molecule has 0 radical (unpaired) electrons. The lowest BCUT2D eigenvalue weighted by Crippen LogP contribution is -2.47. The quantitative estimate of drug-likeness (QED) is 0.338. The Morgan fingerprint density at radius 1 is 1.27 bits per heavy atom. The molecule has 0 aromatic heterocycles. The van der Waals surface area contributed by atoms with Crippen LogP contribution >= 0.6 is 0 Å². The molecule has 0 atom stereocenters. The van der Waals surface area contributed by atoms with E-state index in [1.807, 2.05) is 27.7 Å². The van der Waals surface area contributed by atoms with Gasteiger partial charge in [0, 0.05) is 32.8 Å². The highest BCUT2D eigenvalue weighted by molar-refractivity contribution is 5.80. The second-order valence-corrected chi connectivity index (χ2v) is 7.30. The lowest BCUT2D eigenvalue weighted by Gasteiger charge is -2.34. The number of hydrogen-bond acceptors (Lipinski definition) is 5. The third-order valence-corrected chi connectivity index (χ3v) is 3.78. The largest absolute Gasteiger partial charge is 0.444 e. The van der Waals surface area contributed by atoms with Crippen LogP contribution in [-0.2, 0) is 9.47 Å². The molecular formula is C18H36N4O4. The molecule has 1 fully saturated rings. The van der Waals surface area contributed by atoms with Crippen LogP contribution in [0.2, 0.25) is 0 Å². The van der Waals surface area contributed by atoms with E-state index in [1.165, 1.54) is 0 Å². The summed E-state index contributed by atoms with van der Waals surface area (Å²) in [6, 6.07) is 0. The number of aliphatic hydroxyl groups is 1. The number of amides is 1. The van der Waals surface area contributed by atoms with Crippen LogP contribution in [0.15, 0.2) is 4.99 Å². The number of alkyl carbamates (subject to hydrolysis) is 1. The molecule has 1 rings (SSSR count). The van der Waals surface area contributed by atoms with E-state index in [2.05, 4.69) is 20.5 Å². The number of aliphatic imine (C=N–C) groups is 1. The molecule has 3 N–H and O–H groups in total. The van der Waals surface area contributed by atoms with E-state index < -0.39 is 5.60 Å². The van der Waals surface area contributed by atoms with Crippen molar-refractivity contribution in [2.24, 2.45) is 4.99 Å². The third kappa shape index (κ3) is 9.82. The molecule has 152 valence electrons. The first-order valence-electron chi connectivity index (χ1n) is 9.58. The Morgan fingerprint density at radius 2 is 1.96 bits per heavy atom. The first-order chi connectivity index (χ1) is 12.4. The molecule has 1 aliphatic heterocycles. The van der Waals surface area contributed by atoms with E-state index in [1.54, 1.807) is 0 Å². The zero-order valence-corrected chi connectivity index (χ0v) is 16.7. The number of carbonyl (C=O) groups excluding carboxylic acids is 1. The van der Waals surface area contributed by atoms with E-state index in [9.17, 15) is 4.79 Å². The molecule has 0 spiro atoms. The van der Waals surface area contributed by atoms with Crippen molar-refractivity contribution < 1.29 is 19.4 Å². The van der Waals surface area contributed by atoms with Gasteiger partial charge < -0.3 is 30.1 Å². The molecule has 26 heavy (non-hydrogen) atoms. The minimum atomic E-state index is -0.472. The highest BCUT2D eigenvalue weighted by atomic mass is 16.6. The average molecular weight is 373 g/mol. The van der Waals surface area contributed by atoms with Gasteiger partial charge in [-0.05, 0) is 47.0 Å². The van der Waals surface area contributed by atoms with Crippen LogP contribution < -0.4 is 10.6 Å². The normalized spacial score (nSPS) is 16.5. The molecule has 8 heteroatoms. The zero-order chi connectivity index (χ0) is 19.4. The van der Waals surface area contributed by atoms with E-state index in [4.69, 9.17) is 14.6 Å². The van der Waals surface area contributed by atoms with Crippen LogP contribution in [0.3, 0.4) is 0 Å². The number of aliphatic hydroxyl groups excluding tert-OH is 1. The predicted molar refractivity (Wildman–Crippen MR) is 102 cm³/mol. The van der Waals surface area contributed by atoms with Crippen LogP contribution in [-0.4, -0.2) is 79.7 Å². The summed E-state index contributed by atoms with van der Waals surface area (Å²) in [5.41, 5.74) is -0.472. The summed E-state index contributed by atoms with van der Waals surface area (Å²) in [4.78, 5) is 18.1. The molecule has 0 aromatic carbocycles. The molecule has 1 heterocycles. The summed E-state index contributed by atoms with van der Waals surface area (Å²) < 4.78 is 11.1. The van der Waals surface area contributed by atoms with Crippen LogP contribution in [0.4, 0.5) is 4.79 Å². The van der Waals surface area contributed by atoms with Crippen molar-refractivity contribution in [2.45, 2.75) is 58.7 Å². The third-order valence-electron chi connectivity index (χ3n) is 3.78. The van der Waals surface area contributed by atoms with Gasteiger partial charge in [0.1, 0.15) is 5.60 Å². The minimum absolute atomic E-state index is 0.0613. The van der Waals surface area contributed by atoms with Gasteiger partial charge in [0.25, 0.3) is 0 Å². The van der Waals surface area contributed by atoms with Crippen molar-refractivity contribution in [3.8, 4) is 0 Å². The Bertz CT molecular complexity index is 429. The van der Waals surface area contributed by atoms with Gasteiger partial charge in [0.15, 0.2) is 5.96 Å². The van der Waals surface area contributed by atoms with E-state index in [-0.39, 0.29) is 18.8 Å². The van der Waals surface area contributed by atoms with Gasteiger partial charge in [-0.3, -0.25) is 4.99 Å². The van der Waals surface area contributed by atoms with E-state index in [0.717, 1.165) is 44.9 Å². The summed E-state index contributed by atoms with van der Waals surface area (Å²) in [5.74, 6) is 0.863. The number of nitrogens with zero attached hydrogens (tertiary/aromatic N) is 2. The maximum absolute atomic E-state index is 11.5. The van der Waals surface area contributed by atoms with Crippen molar-refractivity contribution in [3.05, 3.63) is 0 Å². The molecule has 0 aromatic rings. The summed E-state index contributed by atoms with van der Waals surface area (Å²) in [5, 5.41) is 14.9. The van der Waals surface area contributed by atoms with Crippen LogP contribution in [0.25, 0.3) is 0 Å². The van der Waals surface area contributed by atoms with E-state index >= 15 is 0 Å². The Balaban J connectivity index is 2.17. The zero-order valence-electron chi connectivity index (χ0n) is 16.7. The second-order valence-electron chi connectivity index (χ2n) is 7.30. The predicted octanol–water partition coefficient (Wildman–Crippen LogP) is 1.34. The average Bonchev–Trinajstić information content (AvgIpc) is 2.57. The smallest absolute Gasteiger partial charge is 0.407 e. The van der Waals surface area contributed by atoms with Crippen molar-refractivity contribution >= 4 is 12.1 Å². The molecule has 1 saturated heterocycles. The lowest BCUT2D eigenvalue weighted by molar-refractivity contribution is 0.0170. The molecule has 0 aliphatic carbocycles. The van der Waals surface area contributed by atoms with Crippen molar-refractivity contribution in [1.82, 2.24) is 15.5 Å². The second kappa shape index (κ2) is 12.0. The van der Waals surface area contributed by atoms with Gasteiger partial charge in [-0.15, -0.1) is 0 Å². The SMILES string of the molecule is CCNC(=NCCO)N1CCC(OCCCNC(=O)OC(C)(C)C)CC1.